The highest BCUT2D eigenvalue weighted by atomic mass is 32.2. The lowest BCUT2D eigenvalue weighted by Gasteiger charge is -2.19. The minimum Gasteiger partial charge on any atom is -0.398 e. The first-order chi connectivity index (χ1) is 12.0. The molecule has 0 saturated heterocycles. The first-order valence-corrected chi connectivity index (χ1v) is 9.18. The molecule has 6 heteroatoms. The van der Waals surface area contributed by atoms with Crippen LogP contribution in [0.15, 0.2) is 47.6 Å². The predicted octanol–water partition coefficient (Wildman–Crippen LogP) is 4.73. The summed E-state index contributed by atoms with van der Waals surface area (Å²) in [6.07, 6.45) is 4.24. The van der Waals surface area contributed by atoms with Crippen LogP contribution >= 0.6 is 11.8 Å². The van der Waals surface area contributed by atoms with E-state index in [4.69, 9.17) is 5.73 Å². The summed E-state index contributed by atoms with van der Waals surface area (Å²) >= 11 is 1.53. The molecule has 3 aromatic rings. The molecule has 0 bridgehead atoms. The van der Waals surface area contributed by atoms with Gasteiger partial charge in [0.1, 0.15) is 17.5 Å². The summed E-state index contributed by atoms with van der Waals surface area (Å²) in [5.41, 5.74) is 8.62. The molecular weight excluding hydrogens is 340 g/mol. The van der Waals surface area contributed by atoms with Gasteiger partial charge >= 0.3 is 0 Å². The molecule has 0 saturated carbocycles. The zero-order chi connectivity index (χ0) is 18.0. The van der Waals surface area contributed by atoms with Crippen molar-refractivity contribution in [1.29, 1.82) is 0 Å². The summed E-state index contributed by atoms with van der Waals surface area (Å²) in [7, 11) is 0. The van der Waals surface area contributed by atoms with E-state index in [9.17, 15) is 8.78 Å². The van der Waals surface area contributed by atoms with Crippen molar-refractivity contribution < 1.29 is 8.78 Å². The van der Waals surface area contributed by atoms with Gasteiger partial charge in [-0.3, -0.25) is 0 Å². The van der Waals surface area contributed by atoms with Crippen molar-refractivity contribution in [2.24, 2.45) is 0 Å². The number of hydrogen-bond donors (Lipinski definition) is 2. The van der Waals surface area contributed by atoms with Crippen molar-refractivity contribution in [3.05, 3.63) is 76.7 Å². The lowest BCUT2D eigenvalue weighted by atomic mass is 9.88. The van der Waals surface area contributed by atoms with Gasteiger partial charge in [-0.05, 0) is 53.6 Å². The van der Waals surface area contributed by atoms with E-state index in [1.807, 2.05) is 13.2 Å². The summed E-state index contributed by atoms with van der Waals surface area (Å²) in [5, 5.41) is 0.896. The van der Waals surface area contributed by atoms with E-state index < -0.39 is 5.92 Å². The van der Waals surface area contributed by atoms with Gasteiger partial charge in [0, 0.05) is 5.69 Å². The third kappa shape index (κ3) is 3.54. The summed E-state index contributed by atoms with van der Waals surface area (Å²) in [4.78, 5) is 7.68. The SMILES string of the molecule is CCc1cc(C(c2ncc(SC)[nH]2)c2cc(F)ccc2N)ccc1F. The summed E-state index contributed by atoms with van der Waals surface area (Å²) < 4.78 is 27.8. The average Bonchev–Trinajstić information content (AvgIpc) is 3.08. The maximum atomic E-state index is 13.9. The fraction of sp³-hybridized carbons (Fsp3) is 0.211. The Hall–Kier alpha value is -2.34. The molecule has 0 fully saturated rings. The lowest BCUT2D eigenvalue weighted by molar-refractivity contribution is 0.610. The number of benzene rings is 2. The van der Waals surface area contributed by atoms with Gasteiger partial charge in [0.2, 0.25) is 0 Å². The van der Waals surface area contributed by atoms with Gasteiger partial charge < -0.3 is 10.7 Å². The Morgan fingerprint density at radius 2 is 2.00 bits per heavy atom. The van der Waals surface area contributed by atoms with Gasteiger partial charge in [0.05, 0.1) is 17.1 Å². The highest BCUT2D eigenvalue weighted by molar-refractivity contribution is 7.98. The fourth-order valence-corrected chi connectivity index (χ4v) is 3.26. The maximum absolute atomic E-state index is 13.9. The Kier molecular flexibility index (Phi) is 5.08. The molecule has 1 unspecified atom stereocenters. The van der Waals surface area contributed by atoms with Crippen molar-refractivity contribution in [3.63, 3.8) is 0 Å². The van der Waals surface area contributed by atoms with Crippen LogP contribution < -0.4 is 5.73 Å². The van der Waals surface area contributed by atoms with Crippen LogP contribution in [0.1, 0.15) is 35.4 Å². The largest absolute Gasteiger partial charge is 0.398 e. The van der Waals surface area contributed by atoms with E-state index in [0.717, 1.165) is 10.6 Å². The number of thioether (sulfide) groups is 1. The van der Waals surface area contributed by atoms with Crippen LogP contribution in [0.4, 0.5) is 14.5 Å². The van der Waals surface area contributed by atoms with Crippen LogP contribution in [0.5, 0.6) is 0 Å². The van der Waals surface area contributed by atoms with Crippen molar-refractivity contribution in [2.45, 2.75) is 24.3 Å². The first kappa shape index (κ1) is 17.5. The van der Waals surface area contributed by atoms with Crippen LogP contribution in [0, 0.1) is 11.6 Å². The van der Waals surface area contributed by atoms with Crippen molar-refractivity contribution >= 4 is 17.4 Å². The third-order valence-electron chi connectivity index (χ3n) is 4.21. The Morgan fingerprint density at radius 1 is 1.20 bits per heavy atom. The van der Waals surface area contributed by atoms with E-state index >= 15 is 0 Å². The van der Waals surface area contributed by atoms with Gasteiger partial charge in [-0.1, -0.05) is 19.1 Å². The zero-order valence-electron chi connectivity index (χ0n) is 14.0. The summed E-state index contributed by atoms with van der Waals surface area (Å²) in [6, 6.07) is 9.22. The number of aromatic amines is 1. The number of hydrogen-bond acceptors (Lipinski definition) is 3. The molecule has 1 aromatic heterocycles. The average molecular weight is 359 g/mol. The predicted molar refractivity (Wildman–Crippen MR) is 97.9 cm³/mol. The first-order valence-electron chi connectivity index (χ1n) is 7.95. The standard InChI is InChI=1S/C19H19F2N3S/c1-3-11-8-12(4-6-15(11)21)18(19-23-10-17(24-19)25-2)14-9-13(20)5-7-16(14)22/h4-10,18H,3,22H2,1-2H3,(H,23,24). The van der Waals surface area contributed by atoms with E-state index in [-0.39, 0.29) is 11.6 Å². The molecule has 130 valence electrons. The third-order valence-corrected chi connectivity index (χ3v) is 4.86. The fourth-order valence-electron chi connectivity index (χ4n) is 2.89. The maximum Gasteiger partial charge on any atom is 0.126 e. The van der Waals surface area contributed by atoms with Crippen LogP contribution in [-0.4, -0.2) is 16.2 Å². The molecule has 1 atom stereocenters. The topological polar surface area (TPSA) is 54.7 Å². The highest BCUT2D eigenvalue weighted by Gasteiger charge is 2.23. The molecule has 0 amide bonds. The minimum atomic E-state index is -0.400. The number of nitrogen functional groups attached to an aromatic ring is 1. The minimum absolute atomic E-state index is 0.249. The quantitative estimate of drug-likeness (QED) is 0.511. The van der Waals surface area contributed by atoms with Gasteiger partial charge in [0.25, 0.3) is 0 Å². The molecule has 0 spiro atoms. The van der Waals surface area contributed by atoms with Gasteiger partial charge in [-0.25, -0.2) is 13.8 Å². The monoisotopic (exact) mass is 359 g/mol. The lowest BCUT2D eigenvalue weighted by Crippen LogP contribution is -2.10. The van der Waals surface area contributed by atoms with Gasteiger partial charge in [0.15, 0.2) is 0 Å². The van der Waals surface area contributed by atoms with Crippen molar-refractivity contribution in [2.75, 3.05) is 12.0 Å². The van der Waals surface area contributed by atoms with E-state index in [1.54, 1.807) is 24.4 Å². The molecule has 0 radical (unpaired) electrons. The highest BCUT2D eigenvalue weighted by Crippen LogP contribution is 2.35. The number of aromatic nitrogens is 2. The van der Waals surface area contributed by atoms with E-state index in [0.29, 0.717) is 29.1 Å². The van der Waals surface area contributed by atoms with Crippen LogP contribution in [0.3, 0.4) is 0 Å². The molecule has 0 aliphatic heterocycles. The molecule has 3 N–H and O–H groups in total. The van der Waals surface area contributed by atoms with E-state index in [2.05, 4.69) is 9.97 Å². The second-order valence-electron chi connectivity index (χ2n) is 5.75. The zero-order valence-corrected chi connectivity index (χ0v) is 14.8. The number of nitrogens with one attached hydrogen (secondary N) is 1. The summed E-state index contributed by atoms with van der Waals surface area (Å²) in [6.45, 7) is 1.90. The molecular formula is C19H19F2N3S. The molecule has 3 nitrogen and oxygen atoms in total. The Morgan fingerprint density at radius 3 is 2.68 bits per heavy atom. The Bertz CT molecular complexity index is 892. The smallest absolute Gasteiger partial charge is 0.126 e. The number of anilines is 1. The molecule has 25 heavy (non-hydrogen) atoms. The van der Waals surface area contributed by atoms with E-state index in [1.165, 1.54) is 30.0 Å². The molecule has 3 rings (SSSR count). The number of imidazole rings is 1. The number of halogens is 2. The number of aryl methyl sites for hydroxylation is 1. The second kappa shape index (κ2) is 7.27. The number of H-pyrrole nitrogens is 1. The van der Waals surface area contributed by atoms with Crippen molar-refractivity contribution in [1.82, 2.24) is 9.97 Å². The Labute approximate surface area is 149 Å². The number of rotatable bonds is 5. The van der Waals surface area contributed by atoms with Gasteiger partial charge in [-0.2, -0.15) is 0 Å². The summed E-state index contributed by atoms with van der Waals surface area (Å²) in [5.74, 6) is -0.372. The number of nitrogens with two attached hydrogens (primary N) is 1. The molecule has 0 aliphatic rings. The van der Waals surface area contributed by atoms with Gasteiger partial charge in [-0.15, -0.1) is 11.8 Å². The molecule has 1 heterocycles. The van der Waals surface area contributed by atoms with Crippen LogP contribution in [-0.2, 0) is 6.42 Å². The van der Waals surface area contributed by atoms with Crippen molar-refractivity contribution in [3.8, 4) is 0 Å². The second-order valence-corrected chi connectivity index (χ2v) is 6.60. The molecule has 2 aromatic carbocycles. The van der Waals surface area contributed by atoms with Crippen LogP contribution in [0.25, 0.3) is 0 Å². The van der Waals surface area contributed by atoms with Crippen LogP contribution in [0.2, 0.25) is 0 Å². The Balaban J connectivity index is 2.20. The number of nitrogens with zero attached hydrogens (tertiary/aromatic N) is 1. The normalized spacial score (nSPS) is 12.3. The molecule has 0 aliphatic carbocycles.